The van der Waals surface area contributed by atoms with E-state index in [0.29, 0.717) is 38.3 Å². The number of fused-ring (bicyclic) bond motifs is 1. The van der Waals surface area contributed by atoms with Crippen molar-refractivity contribution in [1.29, 1.82) is 0 Å². The second kappa shape index (κ2) is 5.05. The number of nitrogens with two attached hydrogens (primary N) is 1. The lowest BCUT2D eigenvalue weighted by atomic mass is 10.2. The third-order valence-corrected chi connectivity index (χ3v) is 3.86. The SMILES string of the molecule is Cc1cnc(Nc2c(Cl)cc(Cl)c3nsnc23)c(N)c1. The molecule has 3 N–H and O–H groups in total. The quantitative estimate of drug-likeness (QED) is 0.743. The van der Waals surface area contributed by atoms with Crippen LogP contribution in [0.2, 0.25) is 10.0 Å². The van der Waals surface area contributed by atoms with Crippen LogP contribution in [0, 0.1) is 6.92 Å². The molecule has 8 heteroatoms. The van der Waals surface area contributed by atoms with E-state index in [-0.39, 0.29) is 0 Å². The molecule has 3 aromatic rings. The number of halogens is 2. The average Bonchev–Trinajstić information content (AvgIpc) is 2.86. The molecular formula is C12H9Cl2N5S. The van der Waals surface area contributed by atoms with Crippen molar-refractivity contribution in [3.05, 3.63) is 33.9 Å². The lowest BCUT2D eigenvalue weighted by molar-refractivity contribution is 1.26. The van der Waals surface area contributed by atoms with E-state index >= 15 is 0 Å². The smallest absolute Gasteiger partial charge is 0.153 e. The average molecular weight is 326 g/mol. The third kappa shape index (κ3) is 2.26. The maximum absolute atomic E-state index is 6.22. The van der Waals surface area contributed by atoms with Gasteiger partial charge in [0.15, 0.2) is 5.82 Å². The van der Waals surface area contributed by atoms with Crippen LogP contribution in [-0.4, -0.2) is 13.7 Å². The number of nitrogens with zero attached hydrogens (tertiary/aromatic N) is 3. The molecule has 3 rings (SSSR count). The van der Waals surface area contributed by atoms with Gasteiger partial charge in [-0.2, -0.15) is 8.75 Å². The molecule has 20 heavy (non-hydrogen) atoms. The van der Waals surface area contributed by atoms with Gasteiger partial charge in [-0.1, -0.05) is 23.2 Å². The molecule has 0 spiro atoms. The number of hydrogen-bond donors (Lipinski definition) is 2. The zero-order chi connectivity index (χ0) is 14.3. The fraction of sp³-hybridized carbons (Fsp3) is 0.0833. The first-order chi connectivity index (χ1) is 9.56. The van der Waals surface area contributed by atoms with E-state index in [4.69, 9.17) is 28.9 Å². The topological polar surface area (TPSA) is 76.7 Å². The van der Waals surface area contributed by atoms with Crippen LogP contribution in [0.25, 0.3) is 11.0 Å². The molecule has 0 amide bonds. The summed E-state index contributed by atoms with van der Waals surface area (Å²) in [5, 5.41) is 4.01. The normalized spacial score (nSPS) is 10.9. The van der Waals surface area contributed by atoms with Crippen molar-refractivity contribution in [1.82, 2.24) is 13.7 Å². The first-order valence-electron chi connectivity index (χ1n) is 5.65. The molecule has 5 nitrogen and oxygen atoms in total. The summed E-state index contributed by atoms with van der Waals surface area (Å²) in [6.45, 7) is 1.92. The molecule has 0 aliphatic rings. The van der Waals surface area contributed by atoms with Crippen molar-refractivity contribution in [2.24, 2.45) is 0 Å². The van der Waals surface area contributed by atoms with Gasteiger partial charge in [0, 0.05) is 6.20 Å². The van der Waals surface area contributed by atoms with Crippen molar-refractivity contribution in [3.8, 4) is 0 Å². The highest BCUT2D eigenvalue weighted by atomic mass is 35.5. The highest BCUT2D eigenvalue weighted by Gasteiger charge is 2.15. The summed E-state index contributed by atoms with van der Waals surface area (Å²) in [5.74, 6) is 0.522. The van der Waals surface area contributed by atoms with E-state index in [2.05, 4.69) is 19.0 Å². The number of aryl methyl sites for hydroxylation is 1. The summed E-state index contributed by atoms with van der Waals surface area (Å²) in [5.41, 5.74) is 9.27. The number of rotatable bonds is 2. The number of aromatic nitrogens is 3. The standard InChI is InChI=1S/C12H9Cl2N5S/c1-5-2-8(15)12(16-4-5)17-9-6(13)3-7(14)10-11(9)19-20-18-10/h2-4H,15H2,1H3,(H,16,17). The molecular weight excluding hydrogens is 317 g/mol. The van der Waals surface area contributed by atoms with Crippen LogP contribution in [0.4, 0.5) is 17.2 Å². The molecule has 0 bridgehead atoms. The molecule has 0 unspecified atom stereocenters. The highest BCUT2D eigenvalue weighted by molar-refractivity contribution is 7.00. The molecule has 0 fully saturated rings. The highest BCUT2D eigenvalue weighted by Crippen LogP contribution is 2.37. The Bertz CT molecular complexity index is 802. The number of benzene rings is 1. The van der Waals surface area contributed by atoms with E-state index in [0.717, 1.165) is 17.3 Å². The number of hydrogen-bond acceptors (Lipinski definition) is 6. The molecule has 1 aromatic carbocycles. The Kier molecular flexibility index (Phi) is 3.37. The lowest BCUT2D eigenvalue weighted by Crippen LogP contribution is -2.01. The molecule has 2 aromatic heterocycles. The Balaban J connectivity index is 2.13. The first-order valence-corrected chi connectivity index (χ1v) is 7.14. The monoisotopic (exact) mass is 325 g/mol. The Morgan fingerprint density at radius 1 is 1.15 bits per heavy atom. The Labute approximate surface area is 129 Å². The van der Waals surface area contributed by atoms with Gasteiger partial charge in [0.1, 0.15) is 11.0 Å². The van der Waals surface area contributed by atoms with Crippen molar-refractivity contribution in [2.75, 3.05) is 11.1 Å². The van der Waals surface area contributed by atoms with E-state index < -0.39 is 0 Å². The van der Waals surface area contributed by atoms with Crippen molar-refractivity contribution < 1.29 is 0 Å². The van der Waals surface area contributed by atoms with E-state index in [1.807, 2.05) is 13.0 Å². The summed E-state index contributed by atoms with van der Waals surface area (Å²) in [7, 11) is 0. The van der Waals surface area contributed by atoms with Crippen LogP contribution < -0.4 is 11.1 Å². The van der Waals surface area contributed by atoms with Crippen LogP contribution in [0.1, 0.15) is 5.56 Å². The molecule has 102 valence electrons. The number of nitrogen functional groups attached to an aromatic ring is 1. The van der Waals surface area contributed by atoms with Gasteiger partial charge >= 0.3 is 0 Å². The maximum atomic E-state index is 6.22. The molecule has 0 aliphatic carbocycles. The Morgan fingerprint density at radius 3 is 2.65 bits per heavy atom. The largest absolute Gasteiger partial charge is 0.396 e. The zero-order valence-corrected chi connectivity index (χ0v) is 12.6. The van der Waals surface area contributed by atoms with Gasteiger partial charge in [-0.15, -0.1) is 0 Å². The van der Waals surface area contributed by atoms with Gasteiger partial charge in [-0.25, -0.2) is 4.98 Å². The second-order valence-electron chi connectivity index (χ2n) is 4.25. The van der Waals surface area contributed by atoms with Crippen molar-refractivity contribution >= 4 is 63.2 Å². The summed E-state index contributed by atoms with van der Waals surface area (Å²) < 4.78 is 8.36. The third-order valence-electron chi connectivity index (χ3n) is 2.74. The minimum Gasteiger partial charge on any atom is -0.396 e. The van der Waals surface area contributed by atoms with Crippen LogP contribution >= 0.6 is 34.9 Å². The van der Waals surface area contributed by atoms with Crippen LogP contribution in [0.5, 0.6) is 0 Å². The summed E-state index contributed by atoms with van der Waals surface area (Å²) in [4.78, 5) is 4.26. The molecule has 0 saturated carbocycles. The summed E-state index contributed by atoms with van der Waals surface area (Å²) >= 11 is 13.4. The van der Waals surface area contributed by atoms with Gasteiger partial charge in [-0.05, 0) is 24.6 Å². The number of nitrogens with one attached hydrogen (secondary N) is 1. The molecule has 0 saturated heterocycles. The fourth-order valence-electron chi connectivity index (χ4n) is 1.81. The summed E-state index contributed by atoms with van der Waals surface area (Å²) in [6.07, 6.45) is 1.72. The number of anilines is 3. The second-order valence-corrected chi connectivity index (χ2v) is 5.60. The van der Waals surface area contributed by atoms with E-state index in [9.17, 15) is 0 Å². The van der Waals surface area contributed by atoms with Crippen molar-refractivity contribution in [3.63, 3.8) is 0 Å². The number of pyridine rings is 1. The lowest BCUT2D eigenvalue weighted by Gasteiger charge is -2.11. The predicted molar refractivity (Wildman–Crippen MR) is 84.1 cm³/mol. The summed E-state index contributed by atoms with van der Waals surface area (Å²) in [6, 6.07) is 3.45. The van der Waals surface area contributed by atoms with Gasteiger partial charge in [0.2, 0.25) is 0 Å². The van der Waals surface area contributed by atoms with E-state index in [1.54, 1.807) is 12.3 Å². The minimum absolute atomic E-state index is 0.442. The first kappa shape index (κ1) is 13.4. The van der Waals surface area contributed by atoms with Gasteiger partial charge in [-0.3, -0.25) is 0 Å². The van der Waals surface area contributed by atoms with E-state index in [1.165, 1.54) is 0 Å². The minimum atomic E-state index is 0.442. The Hall–Kier alpha value is -1.63. The van der Waals surface area contributed by atoms with Crippen LogP contribution in [-0.2, 0) is 0 Å². The fourth-order valence-corrected chi connectivity index (χ4v) is 2.97. The molecule has 0 aliphatic heterocycles. The molecule has 0 radical (unpaired) electrons. The maximum Gasteiger partial charge on any atom is 0.153 e. The zero-order valence-electron chi connectivity index (χ0n) is 10.3. The van der Waals surface area contributed by atoms with Gasteiger partial charge < -0.3 is 11.1 Å². The van der Waals surface area contributed by atoms with Gasteiger partial charge in [0.05, 0.1) is 33.1 Å². The van der Waals surface area contributed by atoms with Gasteiger partial charge in [0.25, 0.3) is 0 Å². The van der Waals surface area contributed by atoms with Crippen LogP contribution in [0.15, 0.2) is 18.3 Å². The molecule has 0 atom stereocenters. The predicted octanol–water partition coefficient (Wildman–Crippen LogP) is 4.03. The van der Waals surface area contributed by atoms with Crippen molar-refractivity contribution in [2.45, 2.75) is 6.92 Å². The molecule has 2 heterocycles. The van der Waals surface area contributed by atoms with Crippen LogP contribution in [0.3, 0.4) is 0 Å². The Morgan fingerprint density at radius 2 is 1.90 bits per heavy atom.